The van der Waals surface area contributed by atoms with Crippen molar-refractivity contribution in [2.45, 2.75) is 19.4 Å². The second-order valence-corrected chi connectivity index (χ2v) is 4.81. The summed E-state index contributed by atoms with van der Waals surface area (Å²) in [6, 6.07) is 12.8. The van der Waals surface area contributed by atoms with Crippen LogP contribution in [0.2, 0.25) is 0 Å². The van der Waals surface area contributed by atoms with Gasteiger partial charge in [-0.15, -0.1) is 24.8 Å². The molecule has 3 N–H and O–H groups in total. The predicted octanol–water partition coefficient (Wildman–Crippen LogP) is 3.18. The van der Waals surface area contributed by atoms with E-state index in [1.165, 1.54) is 0 Å². The third-order valence-corrected chi connectivity index (χ3v) is 2.83. The molecule has 23 heavy (non-hydrogen) atoms. The van der Waals surface area contributed by atoms with Gasteiger partial charge in [0.25, 0.3) is 5.91 Å². The van der Waals surface area contributed by atoms with Crippen molar-refractivity contribution in [2.24, 2.45) is 5.73 Å². The minimum atomic E-state index is -0.228. The van der Waals surface area contributed by atoms with Gasteiger partial charge in [-0.05, 0) is 31.5 Å². The van der Waals surface area contributed by atoms with Gasteiger partial charge in [0.05, 0.1) is 0 Å². The van der Waals surface area contributed by atoms with Crippen LogP contribution in [0.1, 0.15) is 23.8 Å². The Hall–Kier alpha value is -1.82. The summed E-state index contributed by atoms with van der Waals surface area (Å²) in [7, 11) is 0. The molecule has 1 atom stereocenters. The zero-order valence-corrected chi connectivity index (χ0v) is 14.4. The van der Waals surface area contributed by atoms with Crippen molar-refractivity contribution >= 4 is 30.7 Å². The lowest BCUT2D eigenvalue weighted by molar-refractivity contribution is 0.0947. The molecule has 1 heterocycles. The molecule has 0 aliphatic heterocycles. The largest absolute Gasteiger partial charge is 0.457 e. The maximum atomic E-state index is 12.0. The number of halogens is 2. The summed E-state index contributed by atoms with van der Waals surface area (Å²) >= 11 is 0. The van der Waals surface area contributed by atoms with Gasteiger partial charge in [-0.3, -0.25) is 9.78 Å². The first-order chi connectivity index (χ1) is 10.1. The number of nitrogens with two attached hydrogens (primary N) is 1. The quantitative estimate of drug-likeness (QED) is 0.832. The molecule has 1 amide bonds. The first kappa shape index (κ1) is 21.2. The molecule has 0 fully saturated rings. The summed E-state index contributed by atoms with van der Waals surface area (Å²) in [6.07, 6.45) is 2.28. The standard InChI is InChI=1S/C16H19N3O2.2ClH/c1-12(17)7-9-19-16(20)15-11-14(8-10-18-15)21-13-5-3-2-4-6-13;;/h2-6,8,10-12H,7,9,17H2,1H3,(H,19,20);2*1H. The molecule has 0 saturated heterocycles. The molecule has 0 bridgehead atoms. The lowest BCUT2D eigenvalue weighted by atomic mass is 10.2. The molecule has 126 valence electrons. The Morgan fingerprint density at radius 2 is 1.91 bits per heavy atom. The number of ether oxygens (including phenoxy) is 1. The topological polar surface area (TPSA) is 77.2 Å². The molecule has 1 unspecified atom stereocenters. The van der Waals surface area contributed by atoms with Gasteiger partial charge in [-0.25, -0.2) is 0 Å². The number of hydrogen-bond acceptors (Lipinski definition) is 4. The van der Waals surface area contributed by atoms with Gasteiger partial charge in [0.1, 0.15) is 17.2 Å². The number of rotatable bonds is 6. The Labute approximate surface area is 148 Å². The van der Waals surface area contributed by atoms with E-state index in [4.69, 9.17) is 10.5 Å². The lowest BCUT2D eigenvalue weighted by Crippen LogP contribution is -2.29. The molecule has 1 aromatic carbocycles. The first-order valence-corrected chi connectivity index (χ1v) is 6.88. The number of hydrogen-bond donors (Lipinski definition) is 2. The van der Waals surface area contributed by atoms with Crippen molar-refractivity contribution in [1.82, 2.24) is 10.3 Å². The van der Waals surface area contributed by atoms with Gasteiger partial charge in [-0.1, -0.05) is 18.2 Å². The van der Waals surface area contributed by atoms with Gasteiger partial charge < -0.3 is 15.8 Å². The molecule has 0 saturated carbocycles. The van der Waals surface area contributed by atoms with E-state index in [2.05, 4.69) is 10.3 Å². The third-order valence-electron chi connectivity index (χ3n) is 2.83. The Morgan fingerprint density at radius 3 is 2.57 bits per heavy atom. The Morgan fingerprint density at radius 1 is 1.22 bits per heavy atom. The number of nitrogens with zero attached hydrogens (tertiary/aromatic N) is 1. The summed E-state index contributed by atoms with van der Waals surface area (Å²) in [6.45, 7) is 2.43. The van der Waals surface area contributed by atoms with Crippen molar-refractivity contribution in [3.63, 3.8) is 0 Å². The van der Waals surface area contributed by atoms with Crippen LogP contribution in [0.15, 0.2) is 48.7 Å². The number of benzene rings is 1. The first-order valence-electron chi connectivity index (χ1n) is 6.88. The van der Waals surface area contributed by atoms with Crippen LogP contribution >= 0.6 is 24.8 Å². The average molecular weight is 358 g/mol. The highest BCUT2D eigenvalue weighted by Crippen LogP contribution is 2.20. The number of aromatic nitrogens is 1. The molecule has 2 rings (SSSR count). The fourth-order valence-electron chi connectivity index (χ4n) is 1.73. The number of carbonyl (C=O) groups is 1. The molecule has 7 heteroatoms. The van der Waals surface area contributed by atoms with Crippen molar-refractivity contribution in [1.29, 1.82) is 0 Å². The van der Waals surface area contributed by atoms with Crippen molar-refractivity contribution in [2.75, 3.05) is 6.54 Å². The fraction of sp³-hybridized carbons (Fsp3) is 0.250. The number of pyridine rings is 1. The zero-order valence-electron chi connectivity index (χ0n) is 12.8. The van der Waals surface area contributed by atoms with Gasteiger partial charge in [-0.2, -0.15) is 0 Å². The van der Waals surface area contributed by atoms with E-state index in [0.717, 1.165) is 6.42 Å². The molecular weight excluding hydrogens is 337 g/mol. The third kappa shape index (κ3) is 7.32. The van der Waals surface area contributed by atoms with Crippen LogP contribution in [-0.4, -0.2) is 23.5 Å². The Balaban J connectivity index is 0.00000242. The van der Waals surface area contributed by atoms with Gasteiger partial charge in [0.15, 0.2) is 0 Å². The van der Waals surface area contributed by atoms with E-state index in [9.17, 15) is 4.79 Å². The van der Waals surface area contributed by atoms with E-state index < -0.39 is 0 Å². The van der Waals surface area contributed by atoms with Crippen LogP contribution < -0.4 is 15.8 Å². The summed E-state index contributed by atoms with van der Waals surface area (Å²) in [4.78, 5) is 16.0. The van der Waals surface area contributed by atoms with Crippen LogP contribution in [-0.2, 0) is 0 Å². The van der Waals surface area contributed by atoms with Crippen molar-refractivity contribution in [3.8, 4) is 11.5 Å². The molecule has 2 aromatic rings. The maximum absolute atomic E-state index is 12.0. The fourth-order valence-corrected chi connectivity index (χ4v) is 1.73. The molecule has 0 aliphatic carbocycles. The maximum Gasteiger partial charge on any atom is 0.270 e. The predicted molar refractivity (Wildman–Crippen MR) is 95.8 cm³/mol. The average Bonchev–Trinajstić information content (AvgIpc) is 2.48. The molecule has 0 spiro atoms. The lowest BCUT2D eigenvalue weighted by Gasteiger charge is -2.08. The second-order valence-electron chi connectivity index (χ2n) is 4.81. The van der Waals surface area contributed by atoms with Crippen LogP contribution in [0.3, 0.4) is 0 Å². The van der Waals surface area contributed by atoms with Crippen LogP contribution in [0, 0.1) is 0 Å². The molecule has 0 radical (unpaired) electrons. The number of nitrogens with one attached hydrogen (secondary N) is 1. The molecule has 5 nitrogen and oxygen atoms in total. The monoisotopic (exact) mass is 357 g/mol. The second kappa shape index (κ2) is 10.8. The smallest absolute Gasteiger partial charge is 0.270 e. The summed E-state index contributed by atoms with van der Waals surface area (Å²) in [5.41, 5.74) is 5.97. The van der Waals surface area contributed by atoms with E-state index in [0.29, 0.717) is 23.7 Å². The highest BCUT2D eigenvalue weighted by Gasteiger charge is 2.08. The minimum absolute atomic E-state index is 0. The van der Waals surface area contributed by atoms with Gasteiger partial charge in [0, 0.05) is 24.8 Å². The summed E-state index contributed by atoms with van der Waals surface area (Å²) in [5.74, 6) is 1.06. The van der Waals surface area contributed by atoms with Crippen molar-refractivity contribution in [3.05, 3.63) is 54.4 Å². The normalized spacial score (nSPS) is 10.7. The highest BCUT2D eigenvalue weighted by atomic mass is 35.5. The Kier molecular flexibility index (Phi) is 9.97. The van der Waals surface area contributed by atoms with Crippen LogP contribution in [0.4, 0.5) is 0 Å². The van der Waals surface area contributed by atoms with Gasteiger partial charge in [0.2, 0.25) is 0 Å². The van der Waals surface area contributed by atoms with E-state index in [1.807, 2.05) is 37.3 Å². The zero-order chi connectivity index (χ0) is 15.1. The molecule has 1 aromatic heterocycles. The number of carbonyl (C=O) groups excluding carboxylic acids is 1. The minimum Gasteiger partial charge on any atom is -0.457 e. The summed E-state index contributed by atoms with van der Waals surface area (Å²) in [5, 5.41) is 2.78. The van der Waals surface area contributed by atoms with Crippen LogP contribution in [0.25, 0.3) is 0 Å². The van der Waals surface area contributed by atoms with Crippen molar-refractivity contribution < 1.29 is 9.53 Å². The summed E-state index contributed by atoms with van der Waals surface area (Å²) < 4.78 is 5.67. The van der Waals surface area contributed by atoms with Crippen LogP contribution in [0.5, 0.6) is 11.5 Å². The van der Waals surface area contributed by atoms with E-state index in [1.54, 1.807) is 18.3 Å². The Bertz CT molecular complexity index is 595. The SMILES string of the molecule is CC(N)CCNC(=O)c1cc(Oc2ccccc2)ccn1.Cl.Cl. The van der Waals surface area contributed by atoms with Gasteiger partial charge >= 0.3 is 0 Å². The van der Waals surface area contributed by atoms with E-state index in [-0.39, 0.29) is 36.8 Å². The number of para-hydroxylation sites is 1. The molecular formula is C16H21Cl2N3O2. The molecule has 0 aliphatic rings. The number of amides is 1. The highest BCUT2D eigenvalue weighted by molar-refractivity contribution is 5.92. The van der Waals surface area contributed by atoms with E-state index >= 15 is 0 Å².